The molecule has 0 saturated carbocycles. The van der Waals surface area contributed by atoms with Gasteiger partial charge in [0, 0.05) is 35.1 Å². The van der Waals surface area contributed by atoms with Crippen molar-refractivity contribution in [3.8, 4) is 0 Å². The molecule has 2 N–H and O–H groups in total. The van der Waals surface area contributed by atoms with E-state index in [0.29, 0.717) is 23.4 Å². The zero-order valence-corrected chi connectivity index (χ0v) is 18.6. The summed E-state index contributed by atoms with van der Waals surface area (Å²) in [5.41, 5.74) is 4.96. The lowest BCUT2D eigenvalue weighted by atomic mass is 9.96. The van der Waals surface area contributed by atoms with Crippen LogP contribution in [0.4, 0.5) is 11.4 Å². The number of para-hydroxylation sites is 1. The Morgan fingerprint density at radius 2 is 1.62 bits per heavy atom. The molecule has 164 valence electrons. The molecule has 0 fully saturated rings. The van der Waals surface area contributed by atoms with Gasteiger partial charge in [0.25, 0.3) is 11.8 Å². The van der Waals surface area contributed by atoms with Crippen LogP contribution in [0.2, 0.25) is 0 Å². The number of fused-ring (bicyclic) bond motifs is 1. The van der Waals surface area contributed by atoms with E-state index in [9.17, 15) is 9.59 Å². The molecule has 5 nitrogen and oxygen atoms in total. The van der Waals surface area contributed by atoms with Gasteiger partial charge in [0.15, 0.2) is 0 Å². The minimum atomic E-state index is -0.155. The molecule has 2 amide bonds. The molecule has 3 aromatic rings. The molecule has 3 aromatic carbocycles. The molecular formula is C27H29N3O2. The maximum absolute atomic E-state index is 13.4. The lowest BCUT2D eigenvalue weighted by molar-refractivity contribution is 0.0984. The molecule has 0 aliphatic carbocycles. The average Bonchev–Trinajstić information content (AvgIpc) is 2.80. The fraction of sp³-hybridized carbons (Fsp3) is 0.259. The third-order valence-corrected chi connectivity index (χ3v) is 6.10. The second kappa shape index (κ2) is 9.79. The van der Waals surface area contributed by atoms with Crippen molar-refractivity contribution in [2.45, 2.75) is 32.2 Å². The molecule has 0 aromatic heterocycles. The summed E-state index contributed by atoms with van der Waals surface area (Å²) in [7, 11) is 1.97. The smallest absolute Gasteiger partial charge is 0.258 e. The van der Waals surface area contributed by atoms with Crippen LogP contribution in [-0.2, 0) is 0 Å². The first-order valence-corrected chi connectivity index (χ1v) is 11.1. The molecule has 0 spiro atoms. The van der Waals surface area contributed by atoms with Crippen molar-refractivity contribution < 1.29 is 9.59 Å². The third kappa shape index (κ3) is 4.58. The van der Waals surface area contributed by atoms with Gasteiger partial charge in [-0.15, -0.1) is 0 Å². The van der Waals surface area contributed by atoms with Gasteiger partial charge in [0.1, 0.15) is 0 Å². The molecule has 0 bridgehead atoms. The van der Waals surface area contributed by atoms with Crippen LogP contribution in [-0.4, -0.2) is 25.4 Å². The minimum absolute atomic E-state index is 0.0222. The second-order valence-electron chi connectivity index (χ2n) is 8.20. The number of hydrogen-bond donors (Lipinski definition) is 2. The third-order valence-electron chi connectivity index (χ3n) is 6.10. The van der Waals surface area contributed by atoms with Crippen molar-refractivity contribution in [3.05, 3.63) is 95.1 Å². The fourth-order valence-corrected chi connectivity index (χ4v) is 4.31. The van der Waals surface area contributed by atoms with Crippen molar-refractivity contribution in [1.82, 2.24) is 5.32 Å². The number of carbonyl (C=O) groups excluding carboxylic acids is 2. The van der Waals surface area contributed by atoms with E-state index in [0.717, 1.165) is 36.1 Å². The van der Waals surface area contributed by atoms with Crippen molar-refractivity contribution in [1.29, 1.82) is 0 Å². The number of carbonyl (C=O) groups is 2. The van der Waals surface area contributed by atoms with E-state index in [-0.39, 0.29) is 17.9 Å². The molecule has 0 radical (unpaired) electrons. The summed E-state index contributed by atoms with van der Waals surface area (Å²) in [5, 5.41) is 6.31. The van der Waals surface area contributed by atoms with E-state index < -0.39 is 0 Å². The molecular weight excluding hydrogens is 398 g/mol. The normalized spacial score (nSPS) is 15.9. The van der Waals surface area contributed by atoms with Crippen LogP contribution >= 0.6 is 0 Å². The number of benzene rings is 3. The lowest BCUT2D eigenvalue weighted by Gasteiger charge is -2.31. The van der Waals surface area contributed by atoms with E-state index in [1.807, 2.05) is 55.3 Å². The van der Waals surface area contributed by atoms with E-state index in [1.165, 1.54) is 0 Å². The van der Waals surface area contributed by atoms with Gasteiger partial charge in [-0.25, -0.2) is 0 Å². The van der Waals surface area contributed by atoms with E-state index in [1.54, 1.807) is 30.3 Å². The van der Waals surface area contributed by atoms with Crippen LogP contribution in [0.25, 0.3) is 0 Å². The van der Waals surface area contributed by atoms with E-state index in [2.05, 4.69) is 16.7 Å². The zero-order chi connectivity index (χ0) is 22.5. The maximum Gasteiger partial charge on any atom is 0.258 e. The molecule has 1 aliphatic heterocycles. The number of hydrogen-bond acceptors (Lipinski definition) is 3. The summed E-state index contributed by atoms with van der Waals surface area (Å²) in [6.07, 6.45) is 3.08. The monoisotopic (exact) mass is 427 g/mol. The van der Waals surface area contributed by atoms with Crippen molar-refractivity contribution in [2.24, 2.45) is 0 Å². The summed E-state index contributed by atoms with van der Waals surface area (Å²) in [6.45, 7) is 2.61. The van der Waals surface area contributed by atoms with Gasteiger partial charge in [-0.05, 0) is 80.8 Å². The van der Waals surface area contributed by atoms with Crippen molar-refractivity contribution in [3.63, 3.8) is 0 Å². The molecule has 1 atom stereocenters. The molecule has 1 aliphatic rings. The summed E-state index contributed by atoms with van der Waals surface area (Å²) in [5.74, 6) is -0.177. The SMILES string of the molecule is CNC1CCCCN(C(=O)c2ccc(NC(=O)c3ccccc3C)cc2)c2ccccc21. The van der Waals surface area contributed by atoms with E-state index in [4.69, 9.17) is 0 Å². The number of anilines is 2. The number of nitrogens with zero attached hydrogens (tertiary/aromatic N) is 1. The Bertz CT molecular complexity index is 1110. The Morgan fingerprint density at radius 3 is 2.38 bits per heavy atom. The Labute approximate surface area is 189 Å². The van der Waals surface area contributed by atoms with Crippen LogP contribution in [0.1, 0.15) is 57.1 Å². The standard InChI is InChI=1S/C27H29N3O2/c1-19-9-3-4-10-22(19)26(31)29-21-16-14-20(15-17-21)27(32)30-18-8-7-12-24(28-2)23-11-5-6-13-25(23)30/h3-6,9-11,13-17,24,28H,7-8,12,18H2,1-2H3,(H,29,31). The summed E-state index contributed by atoms with van der Waals surface area (Å²) >= 11 is 0. The Balaban J connectivity index is 1.55. The number of aryl methyl sites for hydroxylation is 1. The Hall–Kier alpha value is -3.44. The van der Waals surface area contributed by atoms with Crippen LogP contribution in [0.5, 0.6) is 0 Å². The molecule has 4 rings (SSSR count). The highest BCUT2D eigenvalue weighted by atomic mass is 16.2. The lowest BCUT2D eigenvalue weighted by Crippen LogP contribution is -2.35. The van der Waals surface area contributed by atoms with Crippen molar-refractivity contribution >= 4 is 23.2 Å². The first-order chi connectivity index (χ1) is 15.6. The quantitative estimate of drug-likeness (QED) is 0.591. The molecule has 1 unspecified atom stereocenters. The first kappa shape index (κ1) is 21.8. The van der Waals surface area contributed by atoms with Crippen LogP contribution < -0.4 is 15.5 Å². The fourth-order valence-electron chi connectivity index (χ4n) is 4.31. The van der Waals surface area contributed by atoms with Gasteiger partial charge in [-0.1, -0.05) is 36.4 Å². The van der Waals surface area contributed by atoms with Crippen LogP contribution in [0.3, 0.4) is 0 Å². The van der Waals surface area contributed by atoms with E-state index >= 15 is 0 Å². The van der Waals surface area contributed by atoms with Gasteiger partial charge in [0.2, 0.25) is 0 Å². The van der Waals surface area contributed by atoms with Gasteiger partial charge in [-0.2, -0.15) is 0 Å². The number of amides is 2. The van der Waals surface area contributed by atoms with Crippen LogP contribution in [0, 0.1) is 6.92 Å². The Kier molecular flexibility index (Phi) is 6.66. The predicted molar refractivity (Wildman–Crippen MR) is 129 cm³/mol. The van der Waals surface area contributed by atoms with Gasteiger partial charge < -0.3 is 15.5 Å². The highest BCUT2D eigenvalue weighted by molar-refractivity contribution is 6.08. The maximum atomic E-state index is 13.4. The topological polar surface area (TPSA) is 61.4 Å². The molecule has 1 heterocycles. The summed E-state index contributed by atoms with van der Waals surface area (Å²) in [6, 6.07) is 23.0. The highest BCUT2D eigenvalue weighted by Gasteiger charge is 2.25. The minimum Gasteiger partial charge on any atom is -0.322 e. The average molecular weight is 428 g/mol. The predicted octanol–water partition coefficient (Wildman–Crippen LogP) is 5.34. The molecule has 5 heteroatoms. The Morgan fingerprint density at radius 1 is 0.906 bits per heavy atom. The van der Waals surface area contributed by atoms with Crippen LogP contribution in [0.15, 0.2) is 72.8 Å². The van der Waals surface area contributed by atoms with Gasteiger partial charge in [0.05, 0.1) is 0 Å². The second-order valence-corrected chi connectivity index (χ2v) is 8.20. The summed E-state index contributed by atoms with van der Waals surface area (Å²) < 4.78 is 0. The number of rotatable bonds is 4. The first-order valence-electron chi connectivity index (χ1n) is 11.1. The summed E-state index contributed by atoms with van der Waals surface area (Å²) in [4.78, 5) is 27.9. The zero-order valence-electron chi connectivity index (χ0n) is 18.6. The number of nitrogens with one attached hydrogen (secondary N) is 2. The highest BCUT2D eigenvalue weighted by Crippen LogP contribution is 2.33. The van der Waals surface area contributed by atoms with Crippen molar-refractivity contribution in [2.75, 3.05) is 23.8 Å². The largest absolute Gasteiger partial charge is 0.322 e. The molecule has 32 heavy (non-hydrogen) atoms. The molecule has 0 saturated heterocycles. The van der Waals surface area contributed by atoms with Gasteiger partial charge in [-0.3, -0.25) is 9.59 Å². The van der Waals surface area contributed by atoms with Gasteiger partial charge >= 0.3 is 0 Å².